The van der Waals surface area contributed by atoms with Gasteiger partial charge in [0.05, 0.1) is 11.8 Å². The van der Waals surface area contributed by atoms with Crippen LogP contribution in [0.15, 0.2) is 72.8 Å². The second kappa shape index (κ2) is 7.80. The largest absolute Gasteiger partial charge is 0.478 e. The second-order valence-electron chi connectivity index (χ2n) is 7.32. The molecule has 0 amide bonds. The Hall–Kier alpha value is -3.38. The smallest absolute Gasteiger partial charge is 0.336 e. The molecule has 2 N–H and O–H groups in total. The topological polar surface area (TPSA) is 83.5 Å². The first kappa shape index (κ1) is 19.9. The van der Waals surface area contributed by atoms with Crippen LogP contribution in [0.5, 0.6) is 0 Å². The van der Waals surface area contributed by atoms with Crippen molar-refractivity contribution < 1.29 is 18.3 Å². The summed E-state index contributed by atoms with van der Waals surface area (Å²) in [4.78, 5) is 12.5. The van der Waals surface area contributed by atoms with Crippen LogP contribution in [0.4, 0.5) is 5.69 Å². The highest BCUT2D eigenvalue weighted by atomic mass is 32.2. The highest BCUT2D eigenvalue weighted by Gasteiger charge is 2.25. The molecule has 0 aliphatic heterocycles. The number of benzene rings is 3. The van der Waals surface area contributed by atoms with E-state index in [2.05, 4.69) is 4.72 Å². The Morgan fingerprint density at radius 1 is 0.867 bits per heavy atom. The zero-order valence-corrected chi connectivity index (χ0v) is 17.2. The minimum atomic E-state index is -3.48. The minimum Gasteiger partial charge on any atom is -0.478 e. The van der Waals surface area contributed by atoms with Crippen molar-refractivity contribution in [3.8, 4) is 0 Å². The Labute approximate surface area is 175 Å². The first-order valence-electron chi connectivity index (χ1n) is 9.56. The Morgan fingerprint density at radius 3 is 1.97 bits per heavy atom. The van der Waals surface area contributed by atoms with Gasteiger partial charge in [0.15, 0.2) is 0 Å². The number of carbonyl (C=O) groups is 1. The van der Waals surface area contributed by atoms with Gasteiger partial charge in [-0.05, 0) is 52.8 Å². The molecular weight excluding hydrogens is 398 g/mol. The summed E-state index contributed by atoms with van der Waals surface area (Å²) in [7, 11) is -3.48. The molecule has 6 heteroatoms. The van der Waals surface area contributed by atoms with Crippen LogP contribution in [-0.4, -0.2) is 25.7 Å². The van der Waals surface area contributed by atoms with Gasteiger partial charge in [-0.3, -0.25) is 4.72 Å². The van der Waals surface area contributed by atoms with E-state index in [-0.39, 0.29) is 5.57 Å². The summed E-state index contributed by atoms with van der Waals surface area (Å²) < 4.78 is 25.7. The van der Waals surface area contributed by atoms with Gasteiger partial charge in [-0.25, -0.2) is 13.2 Å². The van der Waals surface area contributed by atoms with Gasteiger partial charge in [0.2, 0.25) is 10.0 Å². The molecule has 3 aromatic carbocycles. The fraction of sp³-hybridized carbons (Fsp3) is 0.125. The molecule has 0 unspecified atom stereocenters. The Morgan fingerprint density at radius 2 is 1.43 bits per heavy atom. The molecule has 3 aromatic rings. The molecule has 1 aliphatic carbocycles. The molecule has 152 valence electrons. The molecule has 1 aliphatic rings. The van der Waals surface area contributed by atoms with Gasteiger partial charge in [-0.15, -0.1) is 0 Å². The molecule has 30 heavy (non-hydrogen) atoms. The van der Waals surface area contributed by atoms with Gasteiger partial charge in [0.25, 0.3) is 0 Å². The number of fused-ring (bicyclic) bond motifs is 2. The first-order chi connectivity index (χ1) is 14.3. The molecule has 0 fully saturated rings. The number of hydrogen-bond donors (Lipinski definition) is 2. The normalized spacial score (nSPS) is 13.0. The molecular formula is C24H21NO4S. The van der Waals surface area contributed by atoms with Crippen LogP contribution in [0.1, 0.15) is 27.8 Å². The third-order valence-corrected chi connectivity index (χ3v) is 5.76. The number of anilines is 1. The van der Waals surface area contributed by atoms with E-state index in [1.807, 2.05) is 48.5 Å². The second-order valence-corrected chi connectivity index (χ2v) is 9.07. The Kier molecular flexibility index (Phi) is 5.18. The zero-order chi connectivity index (χ0) is 21.3. The zero-order valence-electron chi connectivity index (χ0n) is 16.4. The molecule has 0 radical (unpaired) electrons. The van der Waals surface area contributed by atoms with Crippen LogP contribution in [0.2, 0.25) is 0 Å². The predicted molar refractivity (Wildman–Crippen MR) is 119 cm³/mol. The molecule has 0 bridgehead atoms. The number of carboxylic acid groups (broad SMARTS) is 1. The lowest BCUT2D eigenvalue weighted by molar-refractivity contribution is -0.130. The van der Waals surface area contributed by atoms with Gasteiger partial charge < -0.3 is 5.11 Å². The summed E-state index contributed by atoms with van der Waals surface area (Å²) in [6.45, 7) is 0. The minimum absolute atomic E-state index is 0.147. The molecule has 0 saturated heterocycles. The number of rotatable bonds is 4. The average Bonchev–Trinajstić information content (AvgIpc) is 2.85. The van der Waals surface area contributed by atoms with Crippen LogP contribution in [-0.2, 0) is 27.7 Å². The van der Waals surface area contributed by atoms with E-state index in [1.54, 1.807) is 24.3 Å². The summed E-state index contributed by atoms with van der Waals surface area (Å²) in [5.41, 5.74) is 5.53. The van der Waals surface area contributed by atoms with Gasteiger partial charge in [-0.1, -0.05) is 60.7 Å². The SMILES string of the molecule is CS(=O)(=O)Nc1cccc(C(C(=O)O)=C2c3ccccc3CCc3ccccc32)c1. The van der Waals surface area contributed by atoms with Crippen molar-refractivity contribution in [1.82, 2.24) is 0 Å². The lowest BCUT2D eigenvalue weighted by atomic mass is 9.87. The highest BCUT2D eigenvalue weighted by Crippen LogP contribution is 2.39. The van der Waals surface area contributed by atoms with Crippen LogP contribution >= 0.6 is 0 Å². The predicted octanol–water partition coefficient (Wildman–Crippen LogP) is 4.20. The van der Waals surface area contributed by atoms with Crippen LogP contribution < -0.4 is 4.72 Å². The lowest BCUT2D eigenvalue weighted by Gasteiger charge is -2.17. The summed E-state index contributed by atoms with van der Waals surface area (Å²) in [6.07, 6.45) is 2.70. The lowest BCUT2D eigenvalue weighted by Crippen LogP contribution is -2.10. The standard InChI is InChI=1S/C24H21NO4S/c1-30(28,29)25-19-10-6-9-18(15-19)22(24(26)27)23-20-11-4-2-7-16(20)13-14-17-8-3-5-12-21(17)23/h2-12,15,25H,13-14H2,1H3,(H,26,27). The van der Waals surface area contributed by atoms with E-state index in [4.69, 9.17) is 0 Å². The number of aryl methyl sites for hydroxylation is 2. The van der Waals surface area contributed by atoms with Crippen LogP contribution in [0, 0.1) is 0 Å². The highest BCUT2D eigenvalue weighted by molar-refractivity contribution is 7.92. The van der Waals surface area contributed by atoms with E-state index in [9.17, 15) is 18.3 Å². The third kappa shape index (κ3) is 4.00. The molecule has 0 heterocycles. The number of aliphatic carboxylic acids is 1. The number of nitrogens with one attached hydrogen (secondary N) is 1. The van der Waals surface area contributed by atoms with Crippen molar-refractivity contribution in [1.29, 1.82) is 0 Å². The summed E-state index contributed by atoms with van der Waals surface area (Å²) in [6, 6.07) is 22.2. The van der Waals surface area contributed by atoms with Crippen molar-refractivity contribution >= 4 is 32.8 Å². The number of carboxylic acids is 1. The van der Waals surface area contributed by atoms with E-state index in [1.165, 1.54) is 0 Å². The third-order valence-electron chi connectivity index (χ3n) is 5.16. The van der Waals surface area contributed by atoms with E-state index in [0.29, 0.717) is 16.8 Å². The maximum absolute atomic E-state index is 12.5. The van der Waals surface area contributed by atoms with Crippen LogP contribution in [0.25, 0.3) is 11.1 Å². The summed E-state index contributed by atoms with van der Waals surface area (Å²) in [5.74, 6) is -1.06. The fourth-order valence-corrected chi connectivity index (χ4v) is 4.53. The summed E-state index contributed by atoms with van der Waals surface area (Å²) >= 11 is 0. The van der Waals surface area contributed by atoms with Gasteiger partial charge in [-0.2, -0.15) is 0 Å². The van der Waals surface area contributed by atoms with Crippen molar-refractivity contribution in [3.63, 3.8) is 0 Å². The van der Waals surface area contributed by atoms with Crippen molar-refractivity contribution in [2.45, 2.75) is 12.8 Å². The van der Waals surface area contributed by atoms with E-state index >= 15 is 0 Å². The van der Waals surface area contributed by atoms with Crippen molar-refractivity contribution in [2.24, 2.45) is 0 Å². The molecule has 0 aromatic heterocycles. The average molecular weight is 420 g/mol. The van der Waals surface area contributed by atoms with Gasteiger partial charge in [0.1, 0.15) is 0 Å². The number of hydrogen-bond acceptors (Lipinski definition) is 3. The fourth-order valence-electron chi connectivity index (χ4n) is 3.98. The van der Waals surface area contributed by atoms with Gasteiger partial charge in [0, 0.05) is 11.3 Å². The first-order valence-corrected chi connectivity index (χ1v) is 11.4. The maximum Gasteiger partial charge on any atom is 0.336 e. The quantitative estimate of drug-likeness (QED) is 0.621. The number of sulfonamides is 1. The van der Waals surface area contributed by atoms with E-state index < -0.39 is 16.0 Å². The van der Waals surface area contributed by atoms with Crippen molar-refractivity contribution in [2.75, 3.05) is 11.0 Å². The van der Waals surface area contributed by atoms with Gasteiger partial charge >= 0.3 is 5.97 Å². The van der Waals surface area contributed by atoms with Crippen LogP contribution in [0.3, 0.4) is 0 Å². The molecule has 0 spiro atoms. The monoisotopic (exact) mass is 419 g/mol. The summed E-state index contributed by atoms with van der Waals surface area (Å²) in [5, 5.41) is 10.2. The molecule has 0 saturated carbocycles. The molecule has 4 rings (SSSR count). The molecule has 5 nitrogen and oxygen atoms in total. The maximum atomic E-state index is 12.5. The van der Waals surface area contributed by atoms with Crippen molar-refractivity contribution in [3.05, 3.63) is 101 Å². The molecule has 0 atom stereocenters. The Balaban J connectivity index is 2.04. The van der Waals surface area contributed by atoms with E-state index in [0.717, 1.165) is 41.4 Å². The Bertz CT molecular complexity index is 1230.